The summed E-state index contributed by atoms with van der Waals surface area (Å²) >= 11 is 0. The highest BCUT2D eigenvalue weighted by molar-refractivity contribution is 5.74. The van der Waals surface area contributed by atoms with Gasteiger partial charge >= 0.3 is 12.1 Å². The van der Waals surface area contributed by atoms with E-state index in [4.69, 9.17) is 24.0 Å². The van der Waals surface area contributed by atoms with Gasteiger partial charge in [-0.2, -0.15) is 0 Å². The summed E-state index contributed by atoms with van der Waals surface area (Å²) in [6.45, 7) is 6.40. The quantitative estimate of drug-likeness (QED) is 0.580. The Morgan fingerprint density at radius 1 is 1.21 bits per heavy atom. The van der Waals surface area contributed by atoms with E-state index < -0.39 is 17.7 Å². The van der Waals surface area contributed by atoms with Crippen molar-refractivity contribution in [2.45, 2.75) is 76.7 Å². The Morgan fingerprint density at radius 2 is 2.00 bits per heavy atom. The number of hydrogen-bond donors (Lipinski definition) is 1. The van der Waals surface area contributed by atoms with Crippen LogP contribution in [-0.2, 0) is 28.8 Å². The van der Waals surface area contributed by atoms with E-state index in [9.17, 15) is 9.59 Å². The molecule has 6 rings (SSSR count). The van der Waals surface area contributed by atoms with Crippen LogP contribution in [0.15, 0.2) is 0 Å². The Kier molecular flexibility index (Phi) is 4.20. The minimum Gasteiger partial charge on any atom is -0.446 e. The molecule has 2 bridgehead atoms. The predicted molar refractivity (Wildman–Crippen MR) is 94.4 cm³/mol. The minimum absolute atomic E-state index is 0.00245. The lowest BCUT2D eigenvalue weighted by atomic mass is 9.57. The second-order valence-electron chi connectivity index (χ2n) is 9.44. The Hall–Kier alpha value is -1.38. The van der Waals surface area contributed by atoms with Crippen LogP contribution in [0.3, 0.4) is 0 Å². The molecule has 156 valence electrons. The summed E-state index contributed by atoms with van der Waals surface area (Å²) in [4.78, 5) is 36.6. The van der Waals surface area contributed by atoms with Crippen LogP contribution >= 0.6 is 0 Å². The second-order valence-corrected chi connectivity index (χ2v) is 9.44. The molecule has 4 aliphatic heterocycles. The van der Waals surface area contributed by atoms with Gasteiger partial charge in [-0.25, -0.2) is 14.6 Å². The van der Waals surface area contributed by atoms with E-state index in [1.54, 1.807) is 0 Å². The average Bonchev–Trinajstić information content (AvgIpc) is 3.49. The fourth-order valence-corrected chi connectivity index (χ4v) is 5.58. The zero-order chi connectivity index (χ0) is 19.7. The Labute approximate surface area is 164 Å². The summed E-state index contributed by atoms with van der Waals surface area (Å²) in [6.07, 6.45) is 2.82. The van der Waals surface area contributed by atoms with Crippen LogP contribution in [0.2, 0.25) is 0 Å². The highest BCUT2D eigenvalue weighted by Gasteiger charge is 2.71. The topological polar surface area (TPSA) is 92.3 Å². The van der Waals surface area contributed by atoms with Crippen molar-refractivity contribution in [1.29, 1.82) is 0 Å². The molecule has 1 amide bonds. The first kappa shape index (κ1) is 18.6. The Morgan fingerprint density at radius 3 is 2.75 bits per heavy atom. The monoisotopic (exact) mass is 395 g/mol. The molecule has 28 heavy (non-hydrogen) atoms. The molecule has 1 spiro atoms. The molecule has 2 aliphatic carbocycles. The summed E-state index contributed by atoms with van der Waals surface area (Å²) in [5.74, 6) is -1.21. The lowest BCUT2D eigenvalue weighted by molar-refractivity contribution is -0.560. The number of alkyl carbamates (subject to hydrolysis) is 1. The van der Waals surface area contributed by atoms with Crippen molar-refractivity contribution < 1.29 is 33.6 Å². The number of nitrogens with one attached hydrogen (secondary N) is 1. The van der Waals surface area contributed by atoms with E-state index in [1.807, 2.05) is 13.8 Å². The number of ether oxygens (including phenoxy) is 3. The molecule has 8 nitrogen and oxygen atoms in total. The number of esters is 1. The van der Waals surface area contributed by atoms with E-state index in [1.165, 1.54) is 12.8 Å². The Balaban J connectivity index is 1.42. The maximum Gasteiger partial charge on any atom is 0.407 e. The van der Waals surface area contributed by atoms with Crippen LogP contribution < -0.4 is 5.32 Å². The zero-order valence-electron chi connectivity index (χ0n) is 16.6. The SMILES string of the molecule is C[C@@H]1[C@@H](OC(=O)NCC2CC2)C[C@H]2[C@@H](C)C(=O)O[C@@H]3OC4(C)CC[C@@H]1[C@]32OO4. The number of fused-ring (bicyclic) bond motifs is 2. The third-order valence-corrected chi connectivity index (χ3v) is 7.55. The van der Waals surface area contributed by atoms with E-state index in [2.05, 4.69) is 12.2 Å². The Bertz CT molecular complexity index is 681. The average molecular weight is 395 g/mol. The van der Waals surface area contributed by atoms with Crippen molar-refractivity contribution in [2.75, 3.05) is 6.54 Å². The van der Waals surface area contributed by atoms with Crippen LogP contribution in [-0.4, -0.2) is 42.4 Å². The maximum atomic E-state index is 12.5. The smallest absolute Gasteiger partial charge is 0.407 e. The highest BCUT2D eigenvalue weighted by atomic mass is 17.3. The van der Waals surface area contributed by atoms with Crippen molar-refractivity contribution in [2.24, 2.45) is 29.6 Å². The molecule has 2 saturated carbocycles. The molecule has 6 fully saturated rings. The van der Waals surface area contributed by atoms with Crippen molar-refractivity contribution in [3.63, 3.8) is 0 Å². The summed E-state index contributed by atoms with van der Waals surface area (Å²) in [7, 11) is 0. The number of rotatable bonds is 3. The molecule has 0 radical (unpaired) electrons. The second kappa shape index (κ2) is 6.31. The number of amides is 1. The van der Waals surface area contributed by atoms with Gasteiger partial charge < -0.3 is 19.5 Å². The first-order valence-corrected chi connectivity index (χ1v) is 10.5. The van der Waals surface area contributed by atoms with Crippen molar-refractivity contribution >= 4 is 12.1 Å². The van der Waals surface area contributed by atoms with E-state index in [0.29, 0.717) is 25.3 Å². The van der Waals surface area contributed by atoms with Gasteiger partial charge in [0.05, 0.1) is 5.92 Å². The molecule has 6 aliphatic rings. The van der Waals surface area contributed by atoms with Gasteiger partial charge in [0.1, 0.15) is 6.10 Å². The third kappa shape index (κ3) is 2.75. The summed E-state index contributed by atoms with van der Waals surface area (Å²) in [5.41, 5.74) is -0.854. The first-order chi connectivity index (χ1) is 13.3. The largest absolute Gasteiger partial charge is 0.446 e. The molecular weight excluding hydrogens is 366 g/mol. The molecule has 1 N–H and O–H groups in total. The van der Waals surface area contributed by atoms with Gasteiger partial charge in [-0.15, -0.1) is 0 Å². The first-order valence-electron chi connectivity index (χ1n) is 10.5. The van der Waals surface area contributed by atoms with Crippen LogP contribution in [0.25, 0.3) is 0 Å². The normalized spacial score (nSPS) is 49.6. The predicted octanol–water partition coefficient (Wildman–Crippen LogP) is 2.51. The molecule has 4 heterocycles. The van der Waals surface area contributed by atoms with Gasteiger partial charge in [-0.1, -0.05) is 13.8 Å². The van der Waals surface area contributed by atoms with Gasteiger partial charge in [-0.3, -0.25) is 4.79 Å². The van der Waals surface area contributed by atoms with E-state index in [-0.39, 0.29) is 41.8 Å². The lowest BCUT2D eigenvalue weighted by Crippen LogP contribution is -2.71. The van der Waals surface area contributed by atoms with Crippen molar-refractivity contribution in [1.82, 2.24) is 5.32 Å². The zero-order valence-corrected chi connectivity index (χ0v) is 16.6. The molecule has 0 aromatic heterocycles. The van der Waals surface area contributed by atoms with Crippen LogP contribution in [0.1, 0.15) is 52.9 Å². The van der Waals surface area contributed by atoms with Crippen LogP contribution in [0, 0.1) is 29.6 Å². The van der Waals surface area contributed by atoms with Gasteiger partial charge in [0, 0.05) is 24.8 Å². The number of carbonyl (C=O) groups excluding carboxylic acids is 2. The highest BCUT2D eigenvalue weighted by Crippen LogP contribution is 2.60. The molecule has 0 aromatic carbocycles. The van der Waals surface area contributed by atoms with Crippen molar-refractivity contribution in [3.05, 3.63) is 0 Å². The van der Waals surface area contributed by atoms with Crippen LogP contribution in [0.5, 0.6) is 0 Å². The van der Waals surface area contributed by atoms with Crippen LogP contribution in [0.4, 0.5) is 4.79 Å². The molecule has 4 saturated heterocycles. The fourth-order valence-electron chi connectivity index (χ4n) is 5.58. The maximum absolute atomic E-state index is 12.5. The third-order valence-electron chi connectivity index (χ3n) is 7.55. The van der Waals surface area contributed by atoms with Gasteiger partial charge in [-0.05, 0) is 44.4 Å². The number of carbonyl (C=O) groups is 2. The summed E-state index contributed by atoms with van der Waals surface area (Å²) in [6, 6.07) is 0. The van der Waals surface area contributed by atoms with Gasteiger partial charge in [0.25, 0.3) is 0 Å². The lowest BCUT2D eigenvalue weighted by Gasteiger charge is -2.58. The standard InChI is InChI=1S/C20H29NO7/c1-10-13-6-7-19(3)26-17-20(13,28-27-19)14(11(2)16(22)25-17)8-15(10)24-18(23)21-9-12-4-5-12/h10-15,17H,4-9H2,1-3H3,(H,21,23)/t10-,11+,13-,14-,15-,17+,19?,20+/m0/s1. The van der Waals surface area contributed by atoms with Gasteiger partial charge in [0.2, 0.25) is 12.1 Å². The molecule has 8 atom stereocenters. The fraction of sp³-hybridized carbons (Fsp3) is 0.900. The molecule has 8 heteroatoms. The van der Waals surface area contributed by atoms with E-state index in [0.717, 1.165) is 6.42 Å². The summed E-state index contributed by atoms with van der Waals surface area (Å²) < 4.78 is 17.6. The van der Waals surface area contributed by atoms with E-state index >= 15 is 0 Å². The van der Waals surface area contributed by atoms with Gasteiger partial charge in [0.15, 0.2) is 5.60 Å². The molecule has 1 unspecified atom stereocenters. The van der Waals surface area contributed by atoms with Crippen molar-refractivity contribution in [3.8, 4) is 0 Å². The summed E-state index contributed by atoms with van der Waals surface area (Å²) in [5, 5.41) is 2.88. The number of hydrogen-bond acceptors (Lipinski definition) is 7. The molecule has 0 aromatic rings. The molecular formula is C20H29NO7. The minimum atomic E-state index is -0.934.